The maximum atomic E-state index is 13.5. The molecule has 5 amide bonds. The fourth-order valence-electron chi connectivity index (χ4n) is 4.78. The van der Waals surface area contributed by atoms with Crippen LogP contribution in [-0.4, -0.2) is 52.7 Å². The lowest BCUT2D eigenvalue weighted by molar-refractivity contribution is -0.144. The van der Waals surface area contributed by atoms with Crippen molar-refractivity contribution in [2.24, 2.45) is 0 Å². The van der Waals surface area contributed by atoms with E-state index in [1.807, 2.05) is 36.4 Å². The molecule has 1 atom stereocenters. The molecule has 0 radical (unpaired) electrons. The average Bonchev–Trinajstić information content (AvgIpc) is 3.42. The standard InChI is InChI=1S/C24H23N3O5/c28-21(14-25-22(29)23(30)26(24(25)31)17-10-4-5-11-17)27-18-12-6-7-13-20(18)32-15-19(27)16-8-2-1-3-9-16/h1-3,6-9,12-13,17,19H,4-5,10-11,14-15H2/t19-/m0/s1. The van der Waals surface area contributed by atoms with Crippen LogP contribution in [-0.2, 0) is 14.4 Å². The van der Waals surface area contributed by atoms with Gasteiger partial charge in [-0.3, -0.25) is 24.2 Å². The number of ether oxygens (including phenoxy) is 1. The number of fused-ring (bicyclic) bond motifs is 1. The molecule has 0 bridgehead atoms. The fourth-order valence-corrected chi connectivity index (χ4v) is 4.78. The number of nitrogens with zero attached hydrogens (tertiary/aromatic N) is 3. The SMILES string of the molecule is O=C1C(=O)N(C2CCCC2)C(=O)N1CC(=O)N1c2ccccc2OC[C@H]1c1ccccc1. The van der Waals surface area contributed by atoms with Crippen LogP contribution in [0.2, 0.25) is 0 Å². The highest BCUT2D eigenvalue weighted by molar-refractivity contribution is 6.45. The van der Waals surface area contributed by atoms with Crippen molar-refractivity contribution in [3.63, 3.8) is 0 Å². The second-order valence-corrected chi connectivity index (χ2v) is 8.26. The van der Waals surface area contributed by atoms with E-state index < -0.39 is 36.3 Å². The third-order valence-electron chi connectivity index (χ3n) is 6.35. The summed E-state index contributed by atoms with van der Waals surface area (Å²) in [6, 6.07) is 15.2. The highest BCUT2D eigenvalue weighted by Gasteiger charge is 2.49. The van der Waals surface area contributed by atoms with Crippen LogP contribution in [0.5, 0.6) is 5.75 Å². The molecule has 164 valence electrons. The van der Waals surface area contributed by atoms with Gasteiger partial charge in [0.25, 0.3) is 0 Å². The normalized spacial score (nSPS) is 21.2. The van der Waals surface area contributed by atoms with Gasteiger partial charge in [0.1, 0.15) is 18.9 Å². The summed E-state index contributed by atoms with van der Waals surface area (Å²) >= 11 is 0. The molecule has 2 aromatic carbocycles. The van der Waals surface area contributed by atoms with E-state index in [1.165, 1.54) is 0 Å². The van der Waals surface area contributed by atoms with Crippen LogP contribution >= 0.6 is 0 Å². The Labute approximate surface area is 185 Å². The minimum absolute atomic E-state index is 0.238. The Morgan fingerprint density at radius 1 is 0.906 bits per heavy atom. The molecule has 2 fully saturated rings. The molecular formula is C24H23N3O5. The first-order valence-electron chi connectivity index (χ1n) is 10.8. The molecule has 0 spiro atoms. The molecule has 1 saturated carbocycles. The zero-order valence-corrected chi connectivity index (χ0v) is 17.5. The summed E-state index contributed by atoms with van der Waals surface area (Å²) in [5.41, 5.74) is 1.44. The van der Waals surface area contributed by atoms with E-state index in [4.69, 9.17) is 4.74 Å². The molecule has 2 aromatic rings. The minimum Gasteiger partial charge on any atom is -0.489 e. The molecule has 0 aromatic heterocycles. The van der Waals surface area contributed by atoms with Crippen molar-refractivity contribution in [2.45, 2.75) is 37.8 Å². The van der Waals surface area contributed by atoms with Gasteiger partial charge in [-0.2, -0.15) is 0 Å². The van der Waals surface area contributed by atoms with Crippen molar-refractivity contribution in [1.82, 2.24) is 9.80 Å². The fraction of sp³-hybridized carbons (Fsp3) is 0.333. The van der Waals surface area contributed by atoms with Gasteiger partial charge in [-0.15, -0.1) is 0 Å². The number of amides is 5. The van der Waals surface area contributed by atoms with E-state index in [1.54, 1.807) is 23.1 Å². The van der Waals surface area contributed by atoms with Gasteiger partial charge < -0.3 is 4.74 Å². The zero-order chi connectivity index (χ0) is 22.2. The van der Waals surface area contributed by atoms with Gasteiger partial charge in [0.15, 0.2) is 0 Å². The summed E-state index contributed by atoms with van der Waals surface area (Å²) in [6.07, 6.45) is 3.22. The average molecular weight is 433 g/mol. The highest BCUT2D eigenvalue weighted by atomic mass is 16.5. The second kappa shape index (κ2) is 8.11. The summed E-state index contributed by atoms with van der Waals surface area (Å²) in [6.45, 7) is -0.258. The summed E-state index contributed by atoms with van der Waals surface area (Å²) in [4.78, 5) is 55.0. The molecule has 2 heterocycles. The molecule has 8 heteroatoms. The summed E-state index contributed by atoms with van der Waals surface area (Å²) < 4.78 is 5.88. The molecule has 3 aliphatic rings. The van der Waals surface area contributed by atoms with E-state index in [9.17, 15) is 19.2 Å². The van der Waals surface area contributed by atoms with Crippen LogP contribution in [0.25, 0.3) is 0 Å². The molecule has 0 unspecified atom stereocenters. The second-order valence-electron chi connectivity index (χ2n) is 8.26. The minimum atomic E-state index is -0.937. The summed E-state index contributed by atoms with van der Waals surface area (Å²) in [5, 5.41) is 0. The van der Waals surface area contributed by atoms with Crippen LogP contribution in [0.15, 0.2) is 54.6 Å². The number of imide groups is 2. The highest BCUT2D eigenvalue weighted by Crippen LogP contribution is 2.39. The van der Waals surface area contributed by atoms with Gasteiger partial charge in [0, 0.05) is 6.04 Å². The van der Waals surface area contributed by atoms with Crippen molar-refractivity contribution in [3.05, 3.63) is 60.2 Å². The number of hydrogen-bond donors (Lipinski definition) is 0. The van der Waals surface area contributed by atoms with Crippen LogP contribution in [0.3, 0.4) is 0 Å². The van der Waals surface area contributed by atoms with Crippen molar-refractivity contribution in [3.8, 4) is 5.75 Å². The van der Waals surface area contributed by atoms with E-state index in [0.29, 0.717) is 24.3 Å². The van der Waals surface area contributed by atoms with Crippen molar-refractivity contribution >= 4 is 29.4 Å². The lowest BCUT2D eigenvalue weighted by Crippen LogP contribution is -2.48. The molecule has 2 aliphatic heterocycles. The number of rotatable bonds is 4. The van der Waals surface area contributed by atoms with Crippen LogP contribution in [0.4, 0.5) is 10.5 Å². The molecular weight excluding hydrogens is 410 g/mol. The molecule has 32 heavy (non-hydrogen) atoms. The summed E-state index contributed by atoms with van der Waals surface area (Å²) in [7, 11) is 0. The maximum Gasteiger partial charge on any atom is 0.334 e. The van der Waals surface area contributed by atoms with Gasteiger partial charge in [0.2, 0.25) is 5.91 Å². The lowest BCUT2D eigenvalue weighted by atomic mass is 10.0. The monoisotopic (exact) mass is 433 g/mol. The Kier molecular flexibility index (Phi) is 5.13. The van der Waals surface area contributed by atoms with Crippen molar-refractivity contribution in [1.29, 1.82) is 0 Å². The lowest BCUT2D eigenvalue weighted by Gasteiger charge is -2.37. The number of anilines is 1. The molecule has 5 rings (SSSR count). The first-order chi connectivity index (χ1) is 15.6. The zero-order valence-electron chi connectivity index (χ0n) is 17.5. The molecule has 8 nitrogen and oxygen atoms in total. The van der Waals surface area contributed by atoms with Gasteiger partial charge in [-0.25, -0.2) is 9.69 Å². The number of carbonyl (C=O) groups excluding carboxylic acids is 4. The van der Waals surface area contributed by atoms with Gasteiger partial charge in [-0.1, -0.05) is 55.3 Å². The van der Waals surface area contributed by atoms with Gasteiger partial charge in [-0.05, 0) is 30.5 Å². The molecule has 1 saturated heterocycles. The van der Waals surface area contributed by atoms with Gasteiger partial charge >= 0.3 is 17.8 Å². The molecule has 1 aliphatic carbocycles. The van der Waals surface area contributed by atoms with Crippen LogP contribution in [0.1, 0.15) is 37.3 Å². The Bertz CT molecular complexity index is 1080. The third kappa shape index (κ3) is 3.32. The first-order valence-corrected chi connectivity index (χ1v) is 10.8. The van der Waals surface area contributed by atoms with Crippen molar-refractivity contribution < 1.29 is 23.9 Å². The number of hydrogen-bond acceptors (Lipinski definition) is 5. The van der Waals surface area contributed by atoms with Crippen LogP contribution in [0, 0.1) is 0 Å². The Morgan fingerprint density at radius 3 is 2.34 bits per heavy atom. The topological polar surface area (TPSA) is 87.2 Å². The Balaban J connectivity index is 1.44. The predicted molar refractivity (Wildman–Crippen MR) is 115 cm³/mol. The Morgan fingerprint density at radius 2 is 1.59 bits per heavy atom. The summed E-state index contributed by atoms with van der Waals surface area (Å²) in [5.74, 6) is -1.67. The number of para-hydroxylation sites is 2. The quantitative estimate of drug-likeness (QED) is 0.547. The number of urea groups is 1. The van der Waals surface area contributed by atoms with E-state index in [2.05, 4.69) is 0 Å². The maximum absolute atomic E-state index is 13.5. The largest absolute Gasteiger partial charge is 0.489 e. The number of carbonyl (C=O) groups is 4. The van der Waals surface area contributed by atoms with E-state index in [0.717, 1.165) is 28.2 Å². The smallest absolute Gasteiger partial charge is 0.334 e. The number of benzene rings is 2. The Hall–Kier alpha value is -3.68. The van der Waals surface area contributed by atoms with Crippen LogP contribution < -0.4 is 9.64 Å². The van der Waals surface area contributed by atoms with Gasteiger partial charge in [0.05, 0.1) is 11.7 Å². The first kappa shape index (κ1) is 20.2. The van der Waals surface area contributed by atoms with E-state index in [-0.39, 0.29) is 12.6 Å². The predicted octanol–water partition coefficient (Wildman–Crippen LogP) is 2.89. The molecule has 0 N–H and O–H groups in total. The third-order valence-corrected chi connectivity index (χ3v) is 6.35. The van der Waals surface area contributed by atoms with Crippen molar-refractivity contribution in [2.75, 3.05) is 18.1 Å². The van der Waals surface area contributed by atoms with E-state index >= 15 is 0 Å².